The Hall–Kier alpha value is -1.36. The Morgan fingerprint density at radius 1 is 1.17 bits per heavy atom. The molecule has 0 unspecified atom stereocenters. The molecule has 0 heterocycles. The highest BCUT2D eigenvalue weighted by Crippen LogP contribution is 2.33. The van der Waals surface area contributed by atoms with Crippen LogP contribution in [0.4, 0.5) is 0 Å². The topological polar surface area (TPSA) is 58.6 Å². The number of methoxy groups -OCH3 is 2. The predicted molar refractivity (Wildman–Crippen MR) is 69.0 cm³/mol. The Morgan fingerprint density at radius 3 is 2.00 bits per heavy atom. The number of carbonyl (C=O) groups excluding carboxylic acids is 1. The number of thioether (sulfide) groups is 1. The molecule has 1 aromatic carbocycles. The first kappa shape index (κ1) is 14.7. The number of hydrogen-bond donors (Lipinski definition) is 0. The van der Waals surface area contributed by atoms with Crippen LogP contribution in [0.3, 0.4) is 0 Å². The number of rotatable bonds is 6. The minimum atomic E-state index is -1.06. The molecule has 0 spiro atoms. The van der Waals surface area contributed by atoms with Crippen molar-refractivity contribution in [3.05, 3.63) is 18.2 Å². The monoisotopic (exact) mass is 269 g/mol. The van der Waals surface area contributed by atoms with Gasteiger partial charge in [-0.25, -0.2) is 0 Å². The molecular weight excluding hydrogens is 252 g/mol. The number of carboxylic acid groups (broad SMARTS) is 1. The van der Waals surface area contributed by atoms with Crippen molar-refractivity contribution in [1.29, 1.82) is 0 Å². The second-order valence-corrected chi connectivity index (χ2v) is 5.36. The quantitative estimate of drug-likeness (QED) is 0.734. The first-order valence-electron chi connectivity index (χ1n) is 5.58. The SMILES string of the molecule is COc1cc(OC)cc(S[C@@H](C(=O)[O-])C(C)C)c1. The highest BCUT2D eigenvalue weighted by atomic mass is 32.2. The van der Waals surface area contributed by atoms with E-state index in [1.54, 1.807) is 32.4 Å². The van der Waals surface area contributed by atoms with E-state index < -0.39 is 11.2 Å². The van der Waals surface area contributed by atoms with E-state index in [0.29, 0.717) is 11.5 Å². The van der Waals surface area contributed by atoms with E-state index in [4.69, 9.17) is 9.47 Å². The van der Waals surface area contributed by atoms with Crippen LogP contribution >= 0.6 is 11.8 Å². The maximum absolute atomic E-state index is 11.1. The average Bonchev–Trinajstić information content (AvgIpc) is 2.34. The van der Waals surface area contributed by atoms with Crippen LogP contribution < -0.4 is 14.6 Å². The van der Waals surface area contributed by atoms with E-state index >= 15 is 0 Å². The van der Waals surface area contributed by atoms with Gasteiger partial charge < -0.3 is 19.4 Å². The predicted octanol–water partition coefficient (Wildman–Crippen LogP) is 1.57. The van der Waals surface area contributed by atoms with E-state index in [1.165, 1.54) is 11.8 Å². The van der Waals surface area contributed by atoms with Gasteiger partial charge >= 0.3 is 0 Å². The number of carboxylic acids is 1. The maximum atomic E-state index is 11.1. The molecule has 4 nitrogen and oxygen atoms in total. The highest BCUT2D eigenvalue weighted by Gasteiger charge is 2.17. The van der Waals surface area contributed by atoms with Crippen LogP contribution in [0.15, 0.2) is 23.1 Å². The van der Waals surface area contributed by atoms with Gasteiger partial charge in [0.1, 0.15) is 11.5 Å². The number of hydrogen-bond acceptors (Lipinski definition) is 5. The lowest BCUT2D eigenvalue weighted by atomic mass is 10.1. The van der Waals surface area contributed by atoms with Crippen molar-refractivity contribution >= 4 is 17.7 Å². The van der Waals surface area contributed by atoms with Gasteiger partial charge in [0, 0.05) is 11.0 Å². The molecule has 0 saturated heterocycles. The van der Waals surface area contributed by atoms with Crippen molar-refractivity contribution in [2.75, 3.05) is 14.2 Å². The summed E-state index contributed by atoms with van der Waals surface area (Å²) in [5.74, 6) is 0.199. The molecule has 0 N–H and O–H groups in total. The molecule has 1 rings (SSSR count). The van der Waals surface area contributed by atoms with Crippen LogP contribution in [0.5, 0.6) is 11.5 Å². The third-order valence-corrected chi connectivity index (χ3v) is 3.92. The van der Waals surface area contributed by atoms with Crippen molar-refractivity contribution in [3.8, 4) is 11.5 Å². The van der Waals surface area contributed by atoms with Crippen LogP contribution in [-0.4, -0.2) is 25.4 Å². The molecule has 0 aromatic heterocycles. The maximum Gasteiger partial charge on any atom is 0.123 e. The number of ether oxygens (including phenoxy) is 2. The van der Waals surface area contributed by atoms with Gasteiger partial charge in [0.05, 0.1) is 25.4 Å². The zero-order valence-corrected chi connectivity index (χ0v) is 11.7. The highest BCUT2D eigenvalue weighted by molar-refractivity contribution is 8.00. The molecule has 0 saturated carbocycles. The summed E-state index contributed by atoms with van der Waals surface area (Å²) < 4.78 is 10.3. The number of carbonyl (C=O) groups is 1. The van der Waals surface area contributed by atoms with Gasteiger partial charge in [0.15, 0.2) is 0 Å². The van der Waals surface area contributed by atoms with Crippen LogP contribution in [0.25, 0.3) is 0 Å². The van der Waals surface area contributed by atoms with Crippen LogP contribution in [-0.2, 0) is 4.79 Å². The molecule has 1 aromatic rings. The van der Waals surface area contributed by atoms with Gasteiger partial charge in [0.25, 0.3) is 0 Å². The van der Waals surface area contributed by atoms with Crippen LogP contribution in [0.1, 0.15) is 13.8 Å². The summed E-state index contributed by atoms with van der Waals surface area (Å²) in [5.41, 5.74) is 0. The molecule has 0 fully saturated rings. The van der Waals surface area contributed by atoms with Crippen molar-refractivity contribution < 1.29 is 19.4 Å². The van der Waals surface area contributed by atoms with Gasteiger partial charge in [-0.3, -0.25) is 0 Å². The fourth-order valence-electron chi connectivity index (χ4n) is 1.45. The second kappa shape index (κ2) is 6.54. The number of aliphatic carboxylic acids is 1. The molecule has 0 amide bonds. The molecule has 1 atom stereocenters. The minimum absolute atomic E-state index is 0.0165. The Labute approximate surface area is 111 Å². The van der Waals surface area contributed by atoms with Crippen molar-refractivity contribution in [2.45, 2.75) is 24.0 Å². The van der Waals surface area contributed by atoms with E-state index in [9.17, 15) is 9.90 Å². The largest absolute Gasteiger partial charge is 0.549 e. The zero-order valence-electron chi connectivity index (χ0n) is 10.9. The summed E-state index contributed by atoms with van der Waals surface area (Å²) in [6, 6.07) is 5.31. The van der Waals surface area contributed by atoms with Gasteiger partial charge in [-0.1, -0.05) is 13.8 Å². The fourth-order valence-corrected chi connectivity index (χ4v) is 2.48. The summed E-state index contributed by atoms with van der Waals surface area (Å²) in [5, 5.41) is 10.5. The molecule has 0 bridgehead atoms. The van der Waals surface area contributed by atoms with Crippen LogP contribution in [0.2, 0.25) is 0 Å². The normalized spacial score (nSPS) is 12.3. The van der Waals surface area contributed by atoms with E-state index in [-0.39, 0.29) is 5.92 Å². The van der Waals surface area contributed by atoms with Gasteiger partial charge in [0.2, 0.25) is 0 Å². The Bertz CT molecular complexity index is 395. The molecule has 0 aliphatic heterocycles. The smallest absolute Gasteiger partial charge is 0.123 e. The molecule has 0 aliphatic carbocycles. The lowest BCUT2D eigenvalue weighted by Gasteiger charge is -2.21. The summed E-state index contributed by atoms with van der Waals surface area (Å²) in [7, 11) is 3.11. The fraction of sp³-hybridized carbons (Fsp3) is 0.462. The van der Waals surface area contributed by atoms with E-state index in [1.807, 2.05) is 13.8 Å². The Balaban J connectivity index is 2.98. The molecule has 18 heavy (non-hydrogen) atoms. The Kier molecular flexibility index (Phi) is 5.34. The second-order valence-electron chi connectivity index (χ2n) is 4.15. The molecule has 0 aliphatic rings. The third-order valence-electron chi connectivity index (χ3n) is 2.43. The first-order valence-corrected chi connectivity index (χ1v) is 6.46. The lowest BCUT2D eigenvalue weighted by Crippen LogP contribution is -2.36. The van der Waals surface area contributed by atoms with E-state index in [2.05, 4.69) is 0 Å². The van der Waals surface area contributed by atoms with Crippen molar-refractivity contribution in [3.63, 3.8) is 0 Å². The number of benzene rings is 1. The van der Waals surface area contributed by atoms with Crippen molar-refractivity contribution in [1.82, 2.24) is 0 Å². The van der Waals surface area contributed by atoms with Gasteiger partial charge in [-0.05, 0) is 18.1 Å². The average molecular weight is 269 g/mol. The summed E-state index contributed by atoms with van der Waals surface area (Å²) in [6.45, 7) is 3.70. The molecule has 5 heteroatoms. The zero-order chi connectivity index (χ0) is 13.7. The summed E-state index contributed by atoms with van der Waals surface area (Å²) in [6.07, 6.45) is 0. The standard InChI is InChI=1S/C13H18O4S/c1-8(2)12(13(14)15)18-11-6-9(16-3)5-10(7-11)17-4/h5-8,12H,1-4H3,(H,14,15)/p-1/t12-/m1/s1. The summed E-state index contributed by atoms with van der Waals surface area (Å²) in [4.78, 5) is 11.8. The van der Waals surface area contributed by atoms with Crippen LogP contribution in [0, 0.1) is 5.92 Å². The van der Waals surface area contributed by atoms with E-state index in [0.717, 1.165) is 4.90 Å². The van der Waals surface area contributed by atoms with Gasteiger partial charge in [-0.2, -0.15) is 0 Å². The first-order chi connectivity index (χ1) is 8.47. The molecular formula is C13H17O4S-. The lowest BCUT2D eigenvalue weighted by molar-refractivity contribution is -0.305. The third kappa shape index (κ3) is 3.84. The van der Waals surface area contributed by atoms with Crippen molar-refractivity contribution in [2.24, 2.45) is 5.92 Å². The van der Waals surface area contributed by atoms with Gasteiger partial charge in [-0.15, -0.1) is 11.8 Å². The minimum Gasteiger partial charge on any atom is -0.549 e. The summed E-state index contributed by atoms with van der Waals surface area (Å²) >= 11 is 1.24. The molecule has 100 valence electrons. The Morgan fingerprint density at radius 2 is 1.67 bits per heavy atom. The molecule has 0 radical (unpaired) electrons.